The Bertz CT molecular complexity index is 927. The van der Waals surface area contributed by atoms with Crippen molar-refractivity contribution < 1.29 is 4.42 Å². The third-order valence-corrected chi connectivity index (χ3v) is 3.67. The molecule has 1 aliphatic carbocycles. The number of nitrogens with zero attached hydrogens (tertiary/aromatic N) is 2. The molecule has 2 aromatic rings. The van der Waals surface area contributed by atoms with Crippen molar-refractivity contribution in [2.45, 2.75) is 0 Å². The molecule has 1 aliphatic heterocycles. The number of H-pyrrole nitrogens is 1. The highest BCUT2D eigenvalue weighted by Crippen LogP contribution is 2.38. The first kappa shape index (κ1) is 12.4. The van der Waals surface area contributed by atoms with Crippen LogP contribution in [0.2, 0.25) is 0 Å². The van der Waals surface area contributed by atoms with E-state index in [4.69, 9.17) is 9.68 Å². The molecule has 0 spiro atoms. The molecule has 0 bridgehead atoms. The van der Waals surface area contributed by atoms with Crippen molar-refractivity contribution in [3.8, 4) is 39.9 Å². The largest absolute Gasteiger partial charge is 0.463 e. The van der Waals surface area contributed by atoms with Gasteiger partial charge >= 0.3 is 0 Å². The molecule has 0 saturated carbocycles. The van der Waals surface area contributed by atoms with Crippen molar-refractivity contribution in [2.24, 2.45) is 0 Å². The van der Waals surface area contributed by atoms with Gasteiger partial charge in [0.05, 0.1) is 23.6 Å². The van der Waals surface area contributed by atoms with Gasteiger partial charge in [-0.15, -0.1) is 0 Å². The number of rotatable bonds is 2. The maximum absolute atomic E-state index is 8.90. The maximum atomic E-state index is 8.90. The summed E-state index contributed by atoms with van der Waals surface area (Å²) in [6.45, 7) is 0. The number of hydrogen-bond acceptors (Lipinski definition) is 3. The molecule has 1 N–H and O–H groups in total. The standard InChI is InChI=1S/C18H11N3O/c19-11-12-6-8-13(9-7-12)17-14-3-1-4-15(14)18(21-20-17)16-5-2-10-22-16/h1-10,21H. The molecule has 0 amide bonds. The topological polar surface area (TPSA) is 65.6 Å². The van der Waals surface area contributed by atoms with E-state index in [0.29, 0.717) is 5.56 Å². The van der Waals surface area contributed by atoms with Crippen LogP contribution in [0.4, 0.5) is 0 Å². The third kappa shape index (κ3) is 1.88. The van der Waals surface area contributed by atoms with Gasteiger partial charge < -0.3 is 4.42 Å². The average molecular weight is 285 g/mol. The molecular formula is C18H11N3O. The Morgan fingerprint density at radius 1 is 0.955 bits per heavy atom. The van der Waals surface area contributed by atoms with Crippen LogP contribution in [0.1, 0.15) is 5.56 Å². The molecule has 1 aromatic heterocycles. The van der Waals surface area contributed by atoms with E-state index in [0.717, 1.165) is 33.8 Å². The van der Waals surface area contributed by atoms with Gasteiger partial charge in [-0.25, -0.2) is 0 Å². The van der Waals surface area contributed by atoms with E-state index in [2.05, 4.69) is 16.3 Å². The van der Waals surface area contributed by atoms with Gasteiger partial charge in [-0.2, -0.15) is 10.4 Å². The molecule has 22 heavy (non-hydrogen) atoms. The highest BCUT2D eigenvalue weighted by Gasteiger charge is 2.18. The number of aromatic nitrogens is 2. The molecule has 1 aromatic carbocycles. The Hall–Kier alpha value is -3.32. The predicted molar refractivity (Wildman–Crippen MR) is 83.1 cm³/mol. The fraction of sp³-hybridized carbons (Fsp3) is 0. The van der Waals surface area contributed by atoms with Crippen LogP contribution in [0.25, 0.3) is 33.8 Å². The lowest BCUT2D eigenvalue weighted by atomic mass is 10.0. The molecule has 0 fully saturated rings. The highest BCUT2D eigenvalue weighted by molar-refractivity contribution is 5.89. The van der Waals surface area contributed by atoms with Crippen LogP contribution >= 0.6 is 0 Å². The summed E-state index contributed by atoms with van der Waals surface area (Å²) in [6.07, 6.45) is 1.65. The van der Waals surface area contributed by atoms with E-state index in [-0.39, 0.29) is 0 Å². The number of nitriles is 1. The third-order valence-electron chi connectivity index (χ3n) is 3.67. The lowest BCUT2D eigenvalue weighted by Gasteiger charge is -2.11. The van der Waals surface area contributed by atoms with Crippen molar-refractivity contribution in [3.63, 3.8) is 0 Å². The number of furan rings is 1. The predicted octanol–water partition coefficient (Wildman–Crippen LogP) is 4.31. The fourth-order valence-electron chi connectivity index (χ4n) is 2.61. The Balaban J connectivity index is 1.88. The summed E-state index contributed by atoms with van der Waals surface area (Å²) in [5.41, 5.74) is 5.44. The van der Waals surface area contributed by atoms with Crippen LogP contribution in [0, 0.1) is 11.3 Å². The van der Waals surface area contributed by atoms with Crippen LogP contribution in [0.15, 0.2) is 65.3 Å². The molecule has 0 radical (unpaired) electrons. The molecule has 4 heteroatoms. The number of nitrogens with one attached hydrogen (secondary N) is 1. The molecule has 4 nitrogen and oxygen atoms in total. The van der Waals surface area contributed by atoms with E-state index in [9.17, 15) is 0 Å². The minimum absolute atomic E-state index is 0.638. The highest BCUT2D eigenvalue weighted by atomic mass is 16.3. The summed E-state index contributed by atoms with van der Waals surface area (Å²) >= 11 is 0. The summed E-state index contributed by atoms with van der Waals surface area (Å²) in [5, 5.41) is 16.5. The van der Waals surface area contributed by atoms with Crippen molar-refractivity contribution in [3.05, 3.63) is 66.4 Å². The van der Waals surface area contributed by atoms with Crippen LogP contribution in [-0.4, -0.2) is 10.2 Å². The molecular weight excluding hydrogens is 274 g/mol. The molecule has 0 saturated heterocycles. The van der Waals surface area contributed by atoms with Crippen molar-refractivity contribution in [1.82, 2.24) is 10.2 Å². The van der Waals surface area contributed by atoms with Gasteiger partial charge in [-0.1, -0.05) is 30.3 Å². The lowest BCUT2D eigenvalue weighted by molar-refractivity contribution is 0.579. The average Bonchev–Trinajstić information content (AvgIpc) is 3.25. The van der Waals surface area contributed by atoms with E-state index in [1.807, 2.05) is 42.5 Å². The number of hydrogen-bond donors (Lipinski definition) is 1. The van der Waals surface area contributed by atoms with Crippen LogP contribution in [0.3, 0.4) is 0 Å². The van der Waals surface area contributed by atoms with Crippen LogP contribution in [-0.2, 0) is 0 Å². The quantitative estimate of drug-likeness (QED) is 0.596. The van der Waals surface area contributed by atoms with Crippen molar-refractivity contribution in [1.29, 1.82) is 5.26 Å². The fourth-order valence-corrected chi connectivity index (χ4v) is 2.61. The SMILES string of the molecule is N#Cc1ccc(-c2n[nH]c(-c3ccco3)c3cccc2-3)cc1. The van der Waals surface area contributed by atoms with Gasteiger partial charge in [0.2, 0.25) is 0 Å². The normalized spacial score (nSPS) is 10.7. The zero-order valence-electron chi connectivity index (χ0n) is 11.6. The first-order valence-corrected chi connectivity index (χ1v) is 6.88. The van der Waals surface area contributed by atoms with E-state index < -0.39 is 0 Å². The Morgan fingerprint density at radius 2 is 1.77 bits per heavy atom. The lowest BCUT2D eigenvalue weighted by Crippen LogP contribution is -1.96. The monoisotopic (exact) mass is 285 g/mol. The van der Waals surface area contributed by atoms with Gasteiger partial charge in [0.15, 0.2) is 5.76 Å². The number of benzene rings is 1. The second kappa shape index (κ2) is 4.90. The zero-order chi connectivity index (χ0) is 14.9. The van der Waals surface area contributed by atoms with Gasteiger partial charge in [0.1, 0.15) is 5.69 Å². The van der Waals surface area contributed by atoms with E-state index >= 15 is 0 Å². The summed E-state index contributed by atoms with van der Waals surface area (Å²) in [5.74, 6) is 0.759. The first-order valence-electron chi connectivity index (χ1n) is 6.88. The summed E-state index contributed by atoms with van der Waals surface area (Å²) in [7, 11) is 0. The van der Waals surface area contributed by atoms with E-state index in [1.165, 1.54) is 0 Å². The smallest absolute Gasteiger partial charge is 0.152 e. The first-order chi connectivity index (χ1) is 10.9. The van der Waals surface area contributed by atoms with Gasteiger partial charge in [0.25, 0.3) is 0 Å². The van der Waals surface area contributed by atoms with E-state index in [1.54, 1.807) is 18.4 Å². The Labute approximate surface area is 127 Å². The maximum Gasteiger partial charge on any atom is 0.152 e. The number of aromatic amines is 1. The van der Waals surface area contributed by atoms with Gasteiger partial charge in [0, 0.05) is 16.7 Å². The second-order valence-corrected chi connectivity index (χ2v) is 4.97. The molecule has 2 heterocycles. The van der Waals surface area contributed by atoms with Gasteiger partial charge in [-0.05, 0) is 24.3 Å². The minimum Gasteiger partial charge on any atom is -0.463 e. The molecule has 104 valence electrons. The molecule has 2 aliphatic rings. The summed E-state index contributed by atoms with van der Waals surface area (Å²) in [4.78, 5) is 0. The van der Waals surface area contributed by atoms with Gasteiger partial charge in [-0.3, -0.25) is 5.10 Å². The Morgan fingerprint density at radius 3 is 2.50 bits per heavy atom. The molecule has 0 unspecified atom stereocenters. The molecule has 4 rings (SSSR count). The zero-order valence-corrected chi connectivity index (χ0v) is 11.6. The second-order valence-electron chi connectivity index (χ2n) is 4.97. The Kier molecular flexibility index (Phi) is 2.77. The number of fused-ring (bicyclic) bond motifs is 1. The molecule has 0 atom stereocenters. The summed E-state index contributed by atoms with van der Waals surface area (Å²) < 4.78 is 5.47. The van der Waals surface area contributed by atoms with Crippen LogP contribution in [0.5, 0.6) is 0 Å². The van der Waals surface area contributed by atoms with Crippen LogP contribution < -0.4 is 0 Å². The van der Waals surface area contributed by atoms with Crippen molar-refractivity contribution in [2.75, 3.05) is 0 Å². The minimum atomic E-state index is 0.638. The summed E-state index contributed by atoms with van der Waals surface area (Å²) in [6, 6.07) is 19.4. The van der Waals surface area contributed by atoms with Crippen molar-refractivity contribution >= 4 is 0 Å².